The second-order valence-corrected chi connectivity index (χ2v) is 8.79. The highest BCUT2D eigenvalue weighted by Gasteiger charge is 2.46. The number of fused-ring (bicyclic) bond motifs is 2. The fraction of sp³-hybridized carbons (Fsp3) is 0.130. The quantitative estimate of drug-likeness (QED) is 0.381. The van der Waals surface area contributed by atoms with Crippen molar-refractivity contribution in [3.63, 3.8) is 0 Å². The Bertz CT molecular complexity index is 1510. The van der Waals surface area contributed by atoms with Crippen molar-refractivity contribution in [1.29, 1.82) is 0 Å². The summed E-state index contributed by atoms with van der Waals surface area (Å²) in [5.41, 5.74) is 0.288. The first-order valence-corrected chi connectivity index (χ1v) is 10.8. The molecule has 1 aliphatic rings. The second-order valence-electron chi connectivity index (χ2n) is 7.38. The lowest BCUT2D eigenvalue weighted by atomic mass is 9.98. The Balaban J connectivity index is 1.83. The summed E-state index contributed by atoms with van der Waals surface area (Å²) in [6.07, 6.45) is 0. The highest BCUT2D eigenvalue weighted by Crippen LogP contribution is 2.43. The Morgan fingerprint density at radius 2 is 1.97 bits per heavy atom. The van der Waals surface area contributed by atoms with Crippen LogP contribution in [0.4, 0.5) is 9.52 Å². The number of Topliss-reactive ketones (excluding diaryl/α,β-unsaturated/α-hetero) is 1. The normalized spacial score (nSPS) is 15.4. The minimum absolute atomic E-state index is 0.00657. The van der Waals surface area contributed by atoms with Crippen molar-refractivity contribution in [2.45, 2.75) is 19.9 Å². The van der Waals surface area contributed by atoms with Crippen LogP contribution in [-0.2, 0) is 0 Å². The zero-order chi connectivity index (χ0) is 22.7. The van der Waals surface area contributed by atoms with Crippen LogP contribution in [-0.4, -0.2) is 16.7 Å². The van der Waals surface area contributed by atoms with Gasteiger partial charge in [0, 0.05) is 17.5 Å². The van der Waals surface area contributed by atoms with Crippen LogP contribution in [0.2, 0.25) is 5.02 Å². The third kappa shape index (κ3) is 2.98. The van der Waals surface area contributed by atoms with Gasteiger partial charge in [-0.05, 0) is 31.2 Å². The number of ketones is 1. The van der Waals surface area contributed by atoms with Gasteiger partial charge in [0.25, 0.3) is 5.91 Å². The molecule has 3 heterocycles. The van der Waals surface area contributed by atoms with Gasteiger partial charge in [0.05, 0.1) is 21.5 Å². The van der Waals surface area contributed by atoms with E-state index in [-0.39, 0.29) is 38.8 Å². The van der Waals surface area contributed by atoms with Gasteiger partial charge in [0.1, 0.15) is 17.4 Å². The van der Waals surface area contributed by atoms with Gasteiger partial charge in [-0.1, -0.05) is 41.1 Å². The number of anilines is 1. The zero-order valence-corrected chi connectivity index (χ0v) is 18.4. The molecule has 0 bridgehead atoms. The highest BCUT2D eigenvalue weighted by atomic mass is 35.5. The number of halogens is 2. The lowest BCUT2D eigenvalue weighted by Crippen LogP contribution is -2.30. The van der Waals surface area contributed by atoms with Gasteiger partial charge in [-0.3, -0.25) is 19.3 Å². The maximum absolute atomic E-state index is 14.9. The standard InChI is InChI=1S/C23H14ClFN2O4S/c1-10-21(11(2)28)32-23(26-10)27-18(13-5-3-4-6-15(13)25)17-19(29)14-9-12(24)7-8-16(14)31-20(17)22(27)30/h3-9,18H,1-2H3. The molecule has 0 radical (unpaired) electrons. The predicted molar refractivity (Wildman–Crippen MR) is 119 cm³/mol. The van der Waals surface area contributed by atoms with Gasteiger partial charge in [0.15, 0.2) is 16.3 Å². The molecule has 9 heteroatoms. The van der Waals surface area contributed by atoms with Crippen molar-refractivity contribution < 1.29 is 18.4 Å². The van der Waals surface area contributed by atoms with Gasteiger partial charge in [-0.2, -0.15) is 0 Å². The number of hydrogen-bond acceptors (Lipinski definition) is 6. The lowest BCUT2D eigenvalue weighted by Gasteiger charge is -2.22. The number of benzene rings is 2. The van der Waals surface area contributed by atoms with Crippen LogP contribution >= 0.6 is 22.9 Å². The van der Waals surface area contributed by atoms with Crippen LogP contribution in [0.25, 0.3) is 11.0 Å². The number of amides is 1. The lowest BCUT2D eigenvalue weighted by molar-refractivity contribution is 0.0969. The molecule has 0 saturated carbocycles. The van der Waals surface area contributed by atoms with Gasteiger partial charge >= 0.3 is 0 Å². The molecule has 0 fully saturated rings. The first-order valence-electron chi connectivity index (χ1n) is 9.60. The third-order valence-corrected chi connectivity index (χ3v) is 6.84. The Morgan fingerprint density at radius 1 is 1.22 bits per heavy atom. The highest BCUT2D eigenvalue weighted by molar-refractivity contribution is 7.17. The van der Waals surface area contributed by atoms with Crippen molar-refractivity contribution in [2.24, 2.45) is 0 Å². The molecule has 1 amide bonds. The maximum atomic E-state index is 14.9. The second kappa shape index (κ2) is 7.36. The predicted octanol–water partition coefficient (Wildman–Crippen LogP) is 5.30. The number of rotatable bonds is 3. The van der Waals surface area contributed by atoms with E-state index in [0.29, 0.717) is 15.6 Å². The van der Waals surface area contributed by atoms with Crippen LogP contribution in [0.15, 0.2) is 51.7 Å². The Kier molecular flexibility index (Phi) is 4.72. The minimum Gasteiger partial charge on any atom is -0.450 e. The molecule has 1 atom stereocenters. The SMILES string of the molecule is CC(=O)c1sc(N2C(=O)c3oc4ccc(Cl)cc4c(=O)c3C2c2ccccc2F)nc1C. The Hall–Kier alpha value is -3.36. The summed E-state index contributed by atoms with van der Waals surface area (Å²) in [7, 11) is 0. The fourth-order valence-electron chi connectivity index (χ4n) is 3.95. The van der Waals surface area contributed by atoms with Crippen LogP contribution in [0.5, 0.6) is 0 Å². The minimum atomic E-state index is -1.11. The number of hydrogen-bond donors (Lipinski definition) is 0. The van der Waals surface area contributed by atoms with Crippen LogP contribution < -0.4 is 10.3 Å². The average Bonchev–Trinajstić information content (AvgIpc) is 3.27. The molecule has 6 nitrogen and oxygen atoms in total. The molecule has 160 valence electrons. The Morgan fingerprint density at radius 3 is 2.66 bits per heavy atom. The topological polar surface area (TPSA) is 80.5 Å². The van der Waals surface area contributed by atoms with Gasteiger partial charge < -0.3 is 4.42 Å². The summed E-state index contributed by atoms with van der Waals surface area (Å²) in [4.78, 5) is 44.9. The first-order chi connectivity index (χ1) is 15.3. The third-order valence-electron chi connectivity index (χ3n) is 5.34. The van der Waals surface area contributed by atoms with Crippen LogP contribution in [0.1, 0.15) is 50.0 Å². The van der Waals surface area contributed by atoms with Crippen molar-refractivity contribution in [3.05, 3.63) is 91.0 Å². The molecule has 0 N–H and O–H groups in total. The summed E-state index contributed by atoms with van der Waals surface area (Å²) >= 11 is 7.08. The molecule has 32 heavy (non-hydrogen) atoms. The van der Waals surface area contributed by atoms with Crippen LogP contribution in [0.3, 0.4) is 0 Å². The molecular weight excluding hydrogens is 455 g/mol. The molecular formula is C23H14ClFN2O4S. The largest absolute Gasteiger partial charge is 0.450 e. The van der Waals surface area contributed by atoms with Gasteiger partial charge in [-0.15, -0.1) is 0 Å². The van der Waals surface area contributed by atoms with Crippen molar-refractivity contribution in [3.8, 4) is 0 Å². The summed E-state index contributed by atoms with van der Waals surface area (Å²) in [5.74, 6) is -1.61. The maximum Gasteiger partial charge on any atom is 0.297 e. The summed E-state index contributed by atoms with van der Waals surface area (Å²) < 4.78 is 20.7. The monoisotopic (exact) mass is 468 g/mol. The van der Waals surface area contributed by atoms with Crippen molar-refractivity contribution >= 4 is 50.7 Å². The van der Waals surface area contributed by atoms with E-state index in [0.717, 1.165) is 11.3 Å². The average molecular weight is 469 g/mol. The van der Waals surface area contributed by atoms with Gasteiger partial charge in [0.2, 0.25) is 5.76 Å². The van der Waals surface area contributed by atoms with Gasteiger partial charge in [-0.25, -0.2) is 9.37 Å². The molecule has 0 aliphatic carbocycles. The van der Waals surface area contributed by atoms with E-state index in [1.165, 1.54) is 42.2 Å². The number of nitrogens with zero attached hydrogens (tertiary/aromatic N) is 2. The van der Waals surface area contributed by atoms with E-state index in [2.05, 4.69) is 4.98 Å². The molecule has 0 saturated heterocycles. The molecule has 1 unspecified atom stereocenters. The molecule has 5 rings (SSSR count). The molecule has 1 aliphatic heterocycles. The molecule has 2 aromatic carbocycles. The van der Waals surface area contributed by atoms with E-state index in [4.69, 9.17) is 16.0 Å². The summed E-state index contributed by atoms with van der Waals surface area (Å²) in [6, 6.07) is 9.30. The van der Waals surface area contributed by atoms with E-state index in [1.54, 1.807) is 19.1 Å². The fourth-order valence-corrected chi connectivity index (χ4v) is 5.11. The number of aryl methyl sites for hydroxylation is 1. The van der Waals surface area contributed by atoms with Crippen molar-refractivity contribution in [2.75, 3.05) is 4.90 Å². The molecule has 0 spiro atoms. The molecule has 2 aromatic heterocycles. The Labute approximate surface area is 189 Å². The van der Waals surface area contributed by atoms with E-state index in [1.807, 2.05) is 0 Å². The summed E-state index contributed by atoms with van der Waals surface area (Å²) in [5, 5.41) is 0.695. The van der Waals surface area contributed by atoms with E-state index in [9.17, 15) is 18.8 Å². The van der Waals surface area contributed by atoms with E-state index >= 15 is 0 Å². The number of aromatic nitrogens is 1. The summed E-state index contributed by atoms with van der Waals surface area (Å²) in [6.45, 7) is 3.06. The van der Waals surface area contributed by atoms with Crippen LogP contribution in [0, 0.1) is 12.7 Å². The smallest absolute Gasteiger partial charge is 0.297 e. The number of carbonyl (C=O) groups excluding carboxylic acids is 2. The zero-order valence-electron chi connectivity index (χ0n) is 16.8. The number of thiazole rings is 1. The van der Waals surface area contributed by atoms with E-state index < -0.39 is 23.2 Å². The van der Waals surface area contributed by atoms with Crippen molar-refractivity contribution in [1.82, 2.24) is 4.98 Å². The molecule has 4 aromatic rings. The number of carbonyl (C=O) groups is 2. The first kappa shape index (κ1) is 20.5.